The van der Waals surface area contributed by atoms with Crippen LogP contribution < -0.4 is 5.32 Å². The van der Waals surface area contributed by atoms with Crippen LogP contribution >= 0.6 is 0 Å². The molecule has 0 unspecified atom stereocenters. The van der Waals surface area contributed by atoms with Crippen LogP contribution in [0, 0.1) is 19.8 Å². The number of carbonyl (C=O) groups excluding carboxylic acids is 1. The van der Waals surface area contributed by atoms with Gasteiger partial charge in [-0.15, -0.1) is 0 Å². The van der Waals surface area contributed by atoms with Gasteiger partial charge in [0.1, 0.15) is 0 Å². The summed E-state index contributed by atoms with van der Waals surface area (Å²) in [5, 5.41) is 7.67. The van der Waals surface area contributed by atoms with Gasteiger partial charge in [0.05, 0.1) is 11.6 Å². The summed E-state index contributed by atoms with van der Waals surface area (Å²) in [6.07, 6.45) is 5.60. The largest absolute Gasteiger partial charge is 0.356 e. The molecule has 1 N–H and O–H groups in total. The topological polar surface area (TPSA) is 53.4 Å². The molecule has 3 rings (SSSR count). The van der Waals surface area contributed by atoms with E-state index < -0.39 is 0 Å². The summed E-state index contributed by atoms with van der Waals surface area (Å²) in [4.78, 5) is 17.9. The Morgan fingerprint density at radius 1 is 1.21 bits per heavy atom. The number of carbonyl (C=O) groups is 1. The molecule has 1 atom stereocenters. The number of hydrogen-bond donors (Lipinski definition) is 1. The van der Waals surface area contributed by atoms with Gasteiger partial charge in [-0.1, -0.05) is 0 Å². The Morgan fingerprint density at radius 2 is 1.96 bits per heavy atom. The number of nitrogens with zero attached hydrogens (tertiary/aromatic N) is 4. The van der Waals surface area contributed by atoms with E-state index in [9.17, 15) is 4.79 Å². The molecule has 0 aromatic carbocycles. The first-order valence-corrected chi connectivity index (χ1v) is 11.2. The molecule has 1 aromatic rings. The van der Waals surface area contributed by atoms with Crippen LogP contribution in [0.2, 0.25) is 0 Å². The summed E-state index contributed by atoms with van der Waals surface area (Å²) < 4.78 is 2.04. The van der Waals surface area contributed by atoms with Crippen molar-refractivity contribution in [2.24, 2.45) is 5.92 Å². The molecule has 0 radical (unpaired) electrons. The van der Waals surface area contributed by atoms with Crippen LogP contribution in [0.15, 0.2) is 6.07 Å². The first kappa shape index (κ1) is 21.3. The second-order valence-electron chi connectivity index (χ2n) is 8.99. The van der Waals surface area contributed by atoms with E-state index in [1.807, 2.05) is 11.6 Å². The maximum Gasteiger partial charge on any atom is 0.224 e. The van der Waals surface area contributed by atoms with Gasteiger partial charge in [-0.3, -0.25) is 14.4 Å². The van der Waals surface area contributed by atoms with Crippen molar-refractivity contribution in [2.75, 3.05) is 32.7 Å². The van der Waals surface area contributed by atoms with Crippen molar-refractivity contribution in [2.45, 2.75) is 78.4 Å². The molecule has 158 valence electrons. The quantitative estimate of drug-likeness (QED) is 0.729. The standard InChI is InChI=1S/C22H39N5O/c1-17(2)25-13-8-21(9-14-25)26-11-5-7-20(16-26)22(28)23-10-6-12-27-19(4)15-18(3)24-27/h15,17,20-21H,5-14,16H2,1-4H3,(H,23,28)/t20-/m0/s1. The van der Waals surface area contributed by atoms with Crippen molar-refractivity contribution in [1.82, 2.24) is 24.9 Å². The third-order valence-corrected chi connectivity index (χ3v) is 6.52. The van der Waals surface area contributed by atoms with Gasteiger partial charge in [-0.25, -0.2) is 0 Å². The fourth-order valence-corrected chi connectivity index (χ4v) is 4.81. The molecule has 2 fully saturated rings. The summed E-state index contributed by atoms with van der Waals surface area (Å²) in [5.74, 6) is 0.406. The SMILES string of the molecule is Cc1cc(C)n(CCCNC(=O)[C@H]2CCCN(C3CCN(C(C)C)CC3)C2)n1. The summed E-state index contributed by atoms with van der Waals surface area (Å²) in [6.45, 7) is 14.8. The average Bonchev–Trinajstić information content (AvgIpc) is 3.02. The Hall–Kier alpha value is -1.40. The Labute approximate surface area is 170 Å². The van der Waals surface area contributed by atoms with Crippen molar-refractivity contribution in [3.63, 3.8) is 0 Å². The number of hydrogen-bond acceptors (Lipinski definition) is 4. The van der Waals surface area contributed by atoms with Gasteiger partial charge >= 0.3 is 0 Å². The molecule has 2 aliphatic rings. The minimum Gasteiger partial charge on any atom is -0.356 e. The van der Waals surface area contributed by atoms with Crippen LogP contribution in [-0.4, -0.2) is 70.3 Å². The Kier molecular flexibility index (Phi) is 7.52. The van der Waals surface area contributed by atoms with Crippen LogP contribution in [0.3, 0.4) is 0 Å². The van der Waals surface area contributed by atoms with Gasteiger partial charge in [0, 0.05) is 37.4 Å². The second-order valence-corrected chi connectivity index (χ2v) is 8.99. The molecule has 0 spiro atoms. The molecule has 2 saturated heterocycles. The number of nitrogens with one attached hydrogen (secondary N) is 1. The molecular formula is C22H39N5O. The van der Waals surface area contributed by atoms with E-state index in [2.05, 4.69) is 47.1 Å². The van der Waals surface area contributed by atoms with Crippen LogP contribution in [0.4, 0.5) is 0 Å². The third-order valence-electron chi connectivity index (χ3n) is 6.52. The molecule has 2 aliphatic heterocycles. The van der Waals surface area contributed by atoms with Gasteiger partial charge in [-0.05, 0) is 85.5 Å². The van der Waals surface area contributed by atoms with Gasteiger partial charge in [0.2, 0.25) is 5.91 Å². The minimum atomic E-state index is 0.158. The Morgan fingerprint density at radius 3 is 2.61 bits per heavy atom. The highest BCUT2D eigenvalue weighted by molar-refractivity contribution is 5.78. The zero-order chi connectivity index (χ0) is 20.1. The molecule has 3 heterocycles. The smallest absolute Gasteiger partial charge is 0.224 e. The first-order valence-electron chi connectivity index (χ1n) is 11.2. The van der Waals surface area contributed by atoms with E-state index >= 15 is 0 Å². The van der Waals surface area contributed by atoms with Gasteiger partial charge < -0.3 is 10.2 Å². The minimum absolute atomic E-state index is 0.158. The molecule has 28 heavy (non-hydrogen) atoms. The van der Waals surface area contributed by atoms with Crippen molar-refractivity contribution in [3.05, 3.63) is 17.5 Å². The maximum atomic E-state index is 12.7. The van der Waals surface area contributed by atoms with Crippen molar-refractivity contribution in [3.8, 4) is 0 Å². The van der Waals surface area contributed by atoms with Crippen molar-refractivity contribution in [1.29, 1.82) is 0 Å². The highest BCUT2D eigenvalue weighted by Crippen LogP contribution is 2.24. The van der Waals surface area contributed by atoms with Gasteiger partial charge in [0.25, 0.3) is 0 Å². The molecule has 0 saturated carbocycles. The molecule has 0 aliphatic carbocycles. The summed E-state index contributed by atoms with van der Waals surface area (Å²) in [7, 11) is 0. The number of aromatic nitrogens is 2. The molecule has 6 heteroatoms. The fraction of sp³-hybridized carbons (Fsp3) is 0.818. The van der Waals surface area contributed by atoms with E-state index in [-0.39, 0.29) is 11.8 Å². The lowest BCUT2D eigenvalue weighted by atomic mass is 9.93. The average molecular weight is 390 g/mol. The third kappa shape index (κ3) is 5.57. The number of amides is 1. The monoisotopic (exact) mass is 389 g/mol. The number of aryl methyl sites for hydroxylation is 3. The van der Waals surface area contributed by atoms with E-state index in [4.69, 9.17) is 0 Å². The molecule has 1 aromatic heterocycles. The van der Waals surface area contributed by atoms with E-state index in [0.29, 0.717) is 12.1 Å². The number of piperidine rings is 2. The second kappa shape index (κ2) is 9.88. The molecule has 6 nitrogen and oxygen atoms in total. The van der Waals surface area contributed by atoms with Gasteiger partial charge in [0.15, 0.2) is 0 Å². The molecule has 1 amide bonds. The van der Waals surface area contributed by atoms with Gasteiger partial charge in [-0.2, -0.15) is 5.10 Å². The van der Waals surface area contributed by atoms with Crippen molar-refractivity contribution < 1.29 is 4.79 Å². The van der Waals surface area contributed by atoms with E-state index in [1.54, 1.807) is 0 Å². The van der Waals surface area contributed by atoms with Crippen LogP contribution in [0.25, 0.3) is 0 Å². The van der Waals surface area contributed by atoms with Crippen LogP contribution in [0.1, 0.15) is 57.3 Å². The zero-order valence-electron chi connectivity index (χ0n) is 18.3. The molecule has 0 bridgehead atoms. The predicted octanol–water partition coefficient (Wildman–Crippen LogP) is 2.59. The first-order chi connectivity index (χ1) is 13.4. The lowest BCUT2D eigenvalue weighted by Crippen LogP contribution is -2.51. The van der Waals surface area contributed by atoms with Crippen LogP contribution in [0.5, 0.6) is 0 Å². The van der Waals surface area contributed by atoms with E-state index in [1.165, 1.54) is 31.6 Å². The predicted molar refractivity (Wildman–Crippen MR) is 113 cm³/mol. The highest BCUT2D eigenvalue weighted by Gasteiger charge is 2.31. The van der Waals surface area contributed by atoms with Crippen LogP contribution in [-0.2, 0) is 11.3 Å². The zero-order valence-corrected chi connectivity index (χ0v) is 18.3. The molecular weight excluding hydrogens is 350 g/mol. The highest BCUT2D eigenvalue weighted by atomic mass is 16.1. The number of rotatable bonds is 7. The van der Waals surface area contributed by atoms with Crippen molar-refractivity contribution >= 4 is 5.91 Å². The maximum absolute atomic E-state index is 12.7. The summed E-state index contributed by atoms with van der Waals surface area (Å²) >= 11 is 0. The normalized spacial score (nSPS) is 22.7. The Balaban J connectivity index is 1.39. The Bertz CT molecular complexity index is 633. The number of likely N-dealkylation sites (tertiary alicyclic amines) is 2. The lowest BCUT2D eigenvalue weighted by molar-refractivity contribution is -0.127. The lowest BCUT2D eigenvalue weighted by Gasteiger charge is -2.43. The summed E-state index contributed by atoms with van der Waals surface area (Å²) in [6, 6.07) is 3.41. The summed E-state index contributed by atoms with van der Waals surface area (Å²) in [5.41, 5.74) is 2.25. The fourth-order valence-electron chi connectivity index (χ4n) is 4.81. The van der Waals surface area contributed by atoms with E-state index in [0.717, 1.165) is 51.1 Å².